The number of carbonyl (C=O) groups excluding carboxylic acids is 2. The number of imide groups is 1. The van der Waals surface area contributed by atoms with E-state index >= 15 is 0 Å². The van der Waals surface area contributed by atoms with Gasteiger partial charge in [0.15, 0.2) is 11.9 Å². The molecule has 1 aromatic heterocycles. The van der Waals surface area contributed by atoms with E-state index in [0.29, 0.717) is 39.1 Å². The van der Waals surface area contributed by atoms with E-state index in [9.17, 15) is 19.5 Å². The maximum absolute atomic E-state index is 12.6. The van der Waals surface area contributed by atoms with Crippen LogP contribution in [0.3, 0.4) is 0 Å². The largest absolute Gasteiger partial charge is 0.497 e. The highest BCUT2D eigenvalue weighted by Gasteiger charge is 2.47. The number of aliphatic carboxylic acids is 1. The van der Waals surface area contributed by atoms with Gasteiger partial charge in [0.1, 0.15) is 17.6 Å². The number of aliphatic imine (C=N–C) groups is 1. The van der Waals surface area contributed by atoms with Gasteiger partial charge in [0.05, 0.1) is 18.5 Å². The number of fused-ring (bicyclic) bond motifs is 3. The highest BCUT2D eigenvalue weighted by Crippen LogP contribution is 2.37. The molecule has 0 bridgehead atoms. The van der Waals surface area contributed by atoms with Crippen LogP contribution in [0, 0.1) is 6.92 Å². The van der Waals surface area contributed by atoms with Gasteiger partial charge in [0, 0.05) is 29.0 Å². The maximum Gasteiger partial charge on any atom is 0.329 e. The van der Waals surface area contributed by atoms with Crippen LogP contribution in [0.2, 0.25) is 5.02 Å². The summed E-state index contributed by atoms with van der Waals surface area (Å²) < 4.78 is 7.14. The second kappa shape index (κ2) is 8.62. The Morgan fingerprint density at radius 2 is 1.80 bits per heavy atom. The van der Waals surface area contributed by atoms with Gasteiger partial charge in [-0.2, -0.15) is 0 Å². The average molecular weight is 494 g/mol. The number of aromatic nitrogens is 3. The molecule has 1 unspecified atom stereocenters. The standard InChI is InChI=1S/C24H20ClN5O5/c1-12-27-28-23-21(22(24(33)34)30-18(31)9-10-19(30)32)26-20(13-3-5-14(25)6-4-13)16-11-15(35-2)7-8-17(16)29(12)23/h3-8,11,21-22H,9-10H2,1-2H3,(H,33,34)/t21?,22-/m0/s1. The molecule has 11 heteroatoms. The number of rotatable bonds is 5. The average Bonchev–Trinajstić information content (AvgIpc) is 3.33. The first-order chi connectivity index (χ1) is 16.8. The number of carbonyl (C=O) groups is 3. The third-order valence-corrected chi connectivity index (χ3v) is 6.37. The Morgan fingerprint density at radius 1 is 1.11 bits per heavy atom. The van der Waals surface area contributed by atoms with Crippen LogP contribution in [0.1, 0.15) is 41.7 Å². The van der Waals surface area contributed by atoms with Crippen LogP contribution in [-0.4, -0.2) is 61.4 Å². The second-order valence-corrected chi connectivity index (χ2v) is 8.63. The van der Waals surface area contributed by atoms with Gasteiger partial charge in [-0.25, -0.2) is 4.79 Å². The Balaban J connectivity index is 1.82. The molecule has 5 rings (SSSR count). The van der Waals surface area contributed by atoms with Crippen molar-refractivity contribution in [1.29, 1.82) is 0 Å². The number of aryl methyl sites for hydroxylation is 1. The zero-order valence-electron chi connectivity index (χ0n) is 18.8. The first-order valence-electron chi connectivity index (χ1n) is 10.8. The number of likely N-dealkylation sites (tertiary alicyclic amines) is 1. The lowest BCUT2D eigenvalue weighted by atomic mass is 9.99. The highest BCUT2D eigenvalue weighted by atomic mass is 35.5. The number of benzene rings is 2. The summed E-state index contributed by atoms with van der Waals surface area (Å²) in [6.07, 6.45) is -0.0987. The SMILES string of the molecule is COc1ccc2c(c1)C(c1ccc(Cl)cc1)=NC([C@@H](C(=O)O)N1C(=O)CCC1=O)c1nnc(C)n1-2. The molecule has 2 atom stereocenters. The summed E-state index contributed by atoms with van der Waals surface area (Å²) in [7, 11) is 1.54. The van der Waals surface area contributed by atoms with Crippen LogP contribution >= 0.6 is 11.6 Å². The van der Waals surface area contributed by atoms with Crippen molar-refractivity contribution in [3.05, 3.63) is 70.3 Å². The van der Waals surface area contributed by atoms with Gasteiger partial charge in [0.25, 0.3) is 0 Å². The number of ether oxygens (including phenoxy) is 1. The number of hydrogen-bond acceptors (Lipinski definition) is 7. The van der Waals surface area contributed by atoms with Crippen LogP contribution < -0.4 is 4.74 Å². The smallest absolute Gasteiger partial charge is 0.329 e. The quantitative estimate of drug-likeness (QED) is 0.541. The molecule has 1 N–H and O–H groups in total. The first kappa shape index (κ1) is 22.7. The lowest BCUT2D eigenvalue weighted by Gasteiger charge is -2.27. The lowest BCUT2D eigenvalue weighted by Crippen LogP contribution is -2.48. The van der Waals surface area contributed by atoms with E-state index in [4.69, 9.17) is 21.3 Å². The molecule has 1 saturated heterocycles. The Hall–Kier alpha value is -4.05. The van der Waals surface area contributed by atoms with Crippen LogP contribution in [0.15, 0.2) is 47.5 Å². The molecule has 178 valence electrons. The van der Waals surface area contributed by atoms with E-state index in [1.807, 2.05) is 6.07 Å². The predicted molar refractivity (Wildman–Crippen MR) is 125 cm³/mol. The molecule has 3 aromatic rings. The molecule has 1 fully saturated rings. The normalized spacial score (nSPS) is 18.0. The minimum Gasteiger partial charge on any atom is -0.497 e. The van der Waals surface area contributed by atoms with Crippen molar-refractivity contribution in [2.45, 2.75) is 31.8 Å². The molecule has 2 amide bonds. The molecule has 2 aliphatic rings. The number of hydrogen-bond donors (Lipinski definition) is 1. The van der Waals surface area contributed by atoms with Crippen molar-refractivity contribution < 1.29 is 24.2 Å². The fourth-order valence-corrected chi connectivity index (χ4v) is 4.63. The monoisotopic (exact) mass is 493 g/mol. The number of carboxylic acids is 1. The van der Waals surface area contributed by atoms with Crippen LogP contribution in [0.4, 0.5) is 0 Å². The van der Waals surface area contributed by atoms with E-state index in [-0.39, 0.29) is 18.7 Å². The molecule has 0 radical (unpaired) electrons. The van der Waals surface area contributed by atoms with Gasteiger partial charge in [0.2, 0.25) is 11.8 Å². The van der Waals surface area contributed by atoms with Gasteiger partial charge in [-0.15, -0.1) is 10.2 Å². The Kier molecular flexibility index (Phi) is 5.60. The summed E-state index contributed by atoms with van der Waals surface area (Å²) in [5, 5.41) is 19.2. The van der Waals surface area contributed by atoms with Gasteiger partial charge in [-0.05, 0) is 37.3 Å². The molecule has 0 aliphatic carbocycles. The topological polar surface area (TPSA) is 127 Å². The van der Waals surface area contributed by atoms with Crippen molar-refractivity contribution in [3.63, 3.8) is 0 Å². The van der Waals surface area contributed by atoms with Crippen molar-refractivity contribution in [1.82, 2.24) is 19.7 Å². The third-order valence-electron chi connectivity index (χ3n) is 6.12. The molecule has 35 heavy (non-hydrogen) atoms. The van der Waals surface area contributed by atoms with E-state index in [1.165, 1.54) is 0 Å². The summed E-state index contributed by atoms with van der Waals surface area (Å²) >= 11 is 6.10. The van der Waals surface area contributed by atoms with E-state index in [0.717, 1.165) is 4.90 Å². The van der Waals surface area contributed by atoms with Gasteiger partial charge < -0.3 is 9.84 Å². The Labute approximate surface area is 204 Å². The zero-order valence-corrected chi connectivity index (χ0v) is 19.6. The zero-order chi connectivity index (χ0) is 24.9. The molecule has 3 heterocycles. The van der Waals surface area contributed by atoms with Crippen molar-refractivity contribution >= 4 is 35.1 Å². The van der Waals surface area contributed by atoms with E-state index < -0.39 is 29.9 Å². The molecule has 2 aliphatic heterocycles. The lowest BCUT2D eigenvalue weighted by molar-refractivity contribution is -0.155. The minimum atomic E-state index is -1.60. The van der Waals surface area contributed by atoms with Crippen LogP contribution in [0.5, 0.6) is 5.75 Å². The molecule has 10 nitrogen and oxygen atoms in total. The van der Waals surface area contributed by atoms with Gasteiger partial charge in [-0.1, -0.05) is 23.7 Å². The fraction of sp³-hybridized carbons (Fsp3) is 0.250. The number of methoxy groups -OCH3 is 1. The first-order valence-corrected chi connectivity index (χ1v) is 11.2. The van der Waals surface area contributed by atoms with Crippen LogP contribution in [-0.2, 0) is 14.4 Å². The highest BCUT2D eigenvalue weighted by molar-refractivity contribution is 6.30. The summed E-state index contributed by atoms with van der Waals surface area (Å²) in [4.78, 5) is 43.4. The molecular weight excluding hydrogens is 474 g/mol. The van der Waals surface area contributed by atoms with E-state index in [2.05, 4.69) is 10.2 Å². The maximum atomic E-state index is 12.6. The number of carboxylic acid groups (broad SMARTS) is 1. The fourth-order valence-electron chi connectivity index (χ4n) is 4.50. The minimum absolute atomic E-state index is 0.0494. The summed E-state index contributed by atoms with van der Waals surface area (Å²) in [5.41, 5.74) is 2.40. The van der Waals surface area contributed by atoms with Gasteiger partial charge >= 0.3 is 5.97 Å². The molecule has 2 aromatic carbocycles. The van der Waals surface area contributed by atoms with Crippen molar-refractivity contribution in [2.75, 3.05) is 7.11 Å². The van der Waals surface area contributed by atoms with Gasteiger partial charge in [-0.3, -0.25) is 24.0 Å². The summed E-state index contributed by atoms with van der Waals surface area (Å²) in [6, 6.07) is 9.48. The van der Waals surface area contributed by atoms with Crippen molar-refractivity contribution in [2.24, 2.45) is 4.99 Å². The van der Waals surface area contributed by atoms with E-state index in [1.54, 1.807) is 55.0 Å². The number of halogens is 1. The predicted octanol–water partition coefficient (Wildman–Crippen LogP) is 2.73. The second-order valence-electron chi connectivity index (χ2n) is 8.19. The summed E-state index contributed by atoms with van der Waals surface area (Å²) in [5.74, 6) is -1.22. The van der Waals surface area contributed by atoms with Crippen molar-refractivity contribution in [3.8, 4) is 11.4 Å². The molecule has 0 saturated carbocycles. The summed E-state index contributed by atoms with van der Waals surface area (Å²) in [6.45, 7) is 1.73. The number of nitrogens with zero attached hydrogens (tertiary/aromatic N) is 5. The van der Waals surface area contributed by atoms with Crippen LogP contribution in [0.25, 0.3) is 5.69 Å². The number of amides is 2. The Bertz CT molecular complexity index is 1380. The third kappa shape index (κ3) is 3.75. The molecular formula is C24H20ClN5O5. The Morgan fingerprint density at radius 3 is 2.43 bits per heavy atom. The molecule has 0 spiro atoms.